The van der Waals surface area contributed by atoms with Crippen LogP contribution < -0.4 is 10.2 Å². The molecular formula is C21H14O6. The Morgan fingerprint density at radius 3 is 2.63 bits per heavy atom. The van der Waals surface area contributed by atoms with Crippen molar-refractivity contribution in [2.75, 3.05) is 6.61 Å². The van der Waals surface area contributed by atoms with Crippen molar-refractivity contribution in [3.8, 4) is 33.9 Å². The van der Waals surface area contributed by atoms with E-state index in [-0.39, 0.29) is 11.2 Å². The molecule has 0 bridgehead atoms. The highest BCUT2D eigenvalue weighted by Gasteiger charge is 2.20. The summed E-state index contributed by atoms with van der Waals surface area (Å²) in [7, 11) is 0. The Bertz CT molecular complexity index is 1190. The van der Waals surface area contributed by atoms with Gasteiger partial charge in [0, 0.05) is 34.2 Å². The van der Waals surface area contributed by atoms with Gasteiger partial charge in [-0.05, 0) is 30.3 Å². The third kappa shape index (κ3) is 3.08. The van der Waals surface area contributed by atoms with Crippen molar-refractivity contribution in [2.24, 2.45) is 0 Å². The maximum atomic E-state index is 11.8. The number of rotatable bonds is 4. The monoisotopic (exact) mass is 362 g/mol. The number of carboxylic acids is 1. The average Bonchev–Trinajstić information content (AvgIpc) is 2.64. The molecule has 0 unspecified atom stereocenters. The van der Waals surface area contributed by atoms with Crippen molar-refractivity contribution >= 4 is 16.9 Å². The molecule has 2 aliphatic rings. The number of aliphatic carboxylic acids is 1. The Labute approximate surface area is 153 Å². The Morgan fingerprint density at radius 2 is 1.81 bits per heavy atom. The van der Waals surface area contributed by atoms with Crippen LogP contribution in [0.2, 0.25) is 0 Å². The van der Waals surface area contributed by atoms with E-state index >= 15 is 0 Å². The van der Waals surface area contributed by atoms with Gasteiger partial charge in [0.15, 0.2) is 12.0 Å². The third-order valence-electron chi connectivity index (χ3n) is 4.18. The van der Waals surface area contributed by atoms with Crippen LogP contribution >= 0.6 is 0 Å². The average molecular weight is 362 g/mol. The fourth-order valence-corrected chi connectivity index (χ4v) is 3.09. The molecule has 0 amide bonds. The number of hydrogen-bond donors (Lipinski definition) is 2. The Hall–Kier alpha value is -3.80. The van der Waals surface area contributed by atoms with Crippen molar-refractivity contribution in [3.05, 3.63) is 70.9 Å². The molecule has 0 fully saturated rings. The molecule has 27 heavy (non-hydrogen) atoms. The molecule has 2 aromatic carbocycles. The standard InChI is InChI=1S/C21H14O6/c22-12-5-7-15-18(9-12)27-19-10-13(23)6-8-16(19)21(15)14-3-1-2-4-17(14)26-11-20(24)25/h1-10,22H,11H2,(H,24,25). The fraction of sp³-hybridized carbons (Fsp3) is 0.0476. The van der Waals surface area contributed by atoms with Crippen LogP contribution in [0.4, 0.5) is 0 Å². The summed E-state index contributed by atoms with van der Waals surface area (Å²) >= 11 is 0. The molecule has 0 radical (unpaired) electrons. The van der Waals surface area contributed by atoms with E-state index in [1.165, 1.54) is 24.3 Å². The summed E-state index contributed by atoms with van der Waals surface area (Å²) in [6.07, 6.45) is 0. The normalized spacial score (nSPS) is 11.0. The number of fused-ring (bicyclic) bond motifs is 2. The van der Waals surface area contributed by atoms with Gasteiger partial charge in [-0.1, -0.05) is 18.2 Å². The van der Waals surface area contributed by atoms with Crippen molar-refractivity contribution in [1.29, 1.82) is 0 Å². The van der Waals surface area contributed by atoms with E-state index in [1.54, 1.807) is 24.3 Å². The van der Waals surface area contributed by atoms with Crippen LogP contribution in [0.25, 0.3) is 33.4 Å². The highest BCUT2D eigenvalue weighted by Crippen LogP contribution is 2.43. The van der Waals surface area contributed by atoms with Gasteiger partial charge in [-0.2, -0.15) is 0 Å². The van der Waals surface area contributed by atoms with Crippen LogP contribution in [0.3, 0.4) is 0 Å². The number of hydrogen-bond acceptors (Lipinski definition) is 5. The zero-order valence-electron chi connectivity index (χ0n) is 14.0. The Kier molecular flexibility index (Phi) is 4.01. The molecular weight excluding hydrogens is 348 g/mol. The van der Waals surface area contributed by atoms with Crippen molar-refractivity contribution in [3.63, 3.8) is 0 Å². The lowest BCUT2D eigenvalue weighted by Gasteiger charge is -2.17. The molecule has 0 aromatic heterocycles. The second-order valence-electron chi connectivity index (χ2n) is 5.99. The van der Waals surface area contributed by atoms with Crippen molar-refractivity contribution in [2.45, 2.75) is 0 Å². The summed E-state index contributed by atoms with van der Waals surface area (Å²) in [6.45, 7) is -0.477. The summed E-state index contributed by atoms with van der Waals surface area (Å²) in [4.78, 5) is 22.7. The first-order valence-corrected chi connectivity index (χ1v) is 8.16. The molecule has 4 rings (SSSR count). The molecule has 0 atom stereocenters. The maximum Gasteiger partial charge on any atom is 0.341 e. The van der Waals surface area contributed by atoms with Gasteiger partial charge in [-0.3, -0.25) is 4.79 Å². The molecule has 6 nitrogen and oxygen atoms in total. The summed E-state index contributed by atoms with van der Waals surface area (Å²) in [6, 6.07) is 16.3. The van der Waals surface area contributed by atoms with Gasteiger partial charge < -0.3 is 19.4 Å². The molecule has 1 aliphatic carbocycles. The number of carboxylic acid groups (broad SMARTS) is 1. The van der Waals surface area contributed by atoms with Crippen LogP contribution in [0.5, 0.6) is 11.5 Å². The van der Waals surface area contributed by atoms with E-state index in [9.17, 15) is 14.7 Å². The lowest BCUT2D eigenvalue weighted by atomic mass is 9.93. The summed E-state index contributed by atoms with van der Waals surface area (Å²) in [5.74, 6) is -0.287. The largest absolute Gasteiger partial charge is 0.508 e. The number of benzene rings is 3. The quantitative estimate of drug-likeness (QED) is 0.537. The third-order valence-corrected chi connectivity index (χ3v) is 4.18. The number of para-hydroxylation sites is 1. The highest BCUT2D eigenvalue weighted by atomic mass is 16.5. The highest BCUT2D eigenvalue weighted by molar-refractivity contribution is 6.03. The summed E-state index contributed by atoms with van der Waals surface area (Å²) in [5.41, 5.74) is 2.27. The molecule has 0 saturated heterocycles. The molecule has 6 heteroatoms. The Balaban J connectivity index is 2.06. The minimum atomic E-state index is -1.08. The van der Waals surface area contributed by atoms with E-state index in [0.29, 0.717) is 33.6 Å². The zero-order chi connectivity index (χ0) is 19.0. The van der Waals surface area contributed by atoms with Gasteiger partial charge in [0.2, 0.25) is 0 Å². The zero-order valence-corrected chi connectivity index (χ0v) is 14.0. The SMILES string of the molecule is O=C(O)COc1ccccc1-c1c2ccc(=O)cc-2oc2cc(O)ccc12. The number of carbonyl (C=O) groups is 1. The molecule has 0 saturated carbocycles. The minimum absolute atomic E-state index is 0.0326. The van der Waals surface area contributed by atoms with Crippen LogP contribution in [0, 0.1) is 0 Å². The van der Waals surface area contributed by atoms with Gasteiger partial charge >= 0.3 is 5.97 Å². The van der Waals surface area contributed by atoms with Gasteiger partial charge in [0.25, 0.3) is 0 Å². The van der Waals surface area contributed by atoms with Crippen molar-refractivity contribution < 1.29 is 24.2 Å². The topological polar surface area (TPSA) is 97.0 Å². The first-order valence-electron chi connectivity index (χ1n) is 8.16. The predicted octanol–water partition coefficient (Wildman–Crippen LogP) is 3.73. The second-order valence-corrected chi connectivity index (χ2v) is 5.99. The minimum Gasteiger partial charge on any atom is -0.508 e. The van der Waals surface area contributed by atoms with E-state index in [1.807, 2.05) is 12.1 Å². The smallest absolute Gasteiger partial charge is 0.341 e. The predicted molar refractivity (Wildman–Crippen MR) is 99.3 cm³/mol. The van der Waals surface area contributed by atoms with Crippen LogP contribution in [0.1, 0.15) is 0 Å². The summed E-state index contributed by atoms with van der Waals surface area (Å²) < 4.78 is 11.3. The molecule has 0 spiro atoms. The molecule has 2 aromatic rings. The van der Waals surface area contributed by atoms with E-state index in [4.69, 9.17) is 14.3 Å². The molecule has 1 aliphatic heterocycles. The van der Waals surface area contributed by atoms with Gasteiger partial charge in [0.1, 0.15) is 22.8 Å². The molecule has 134 valence electrons. The van der Waals surface area contributed by atoms with E-state index in [0.717, 1.165) is 5.56 Å². The summed E-state index contributed by atoms with van der Waals surface area (Å²) in [5, 5.41) is 19.4. The van der Waals surface area contributed by atoms with Gasteiger partial charge in [-0.25, -0.2) is 4.79 Å². The van der Waals surface area contributed by atoms with Crippen molar-refractivity contribution in [1.82, 2.24) is 0 Å². The van der Waals surface area contributed by atoms with Gasteiger partial charge in [-0.15, -0.1) is 0 Å². The second kappa shape index (κ2) is 6.49. The lowest BCUT2D eigenvalue weighted by Crippen LogP contribution is -2.10. The Morgan fingerprint density at radius 1 is 1.00 bits per heavy atom. The lowest BCUT2D eigenvalue weighted by molar-refractivity contribution is -0.139. The van der Waals surface area contributed by atoms with Crippen LogP contribution in [-0.4, -0.2) is 22.8 Å². The number of phenolic OH excluding ortho intramolecular Hbond substituents is 1. The first kappa shape index (κ1) is 16.7. The number of phenols is 1. The number of ether oxygens (including phenoxy) is 1. The number of aromatic hydroxyl groups is 1. The maximum absolute atomic E-state index is 11.8. The van der Waals surface area contributed by atoms with Gasteiger partial charge in [0.05, 0.1) is 0 Å². The van der Waals surface area contributed by atoms with E-state index in [2.05, 4.69) is 0 Å². The van der Waals surface area contributed by atoms with Crippen LogP contribution in [-0.2, 0) is 4.79 Å². The van der Waals surface area contributed by atoms with E-state index < -0.39 is 12.6 Å². The molecule has 2 N–H and O–H groups in total. The first-order chi connectivity index (χ1) is 13.0. The fourth-order valence-electron chi connectivity index (χ4n) is 3.09. The molecule has 1 heterocycles. The van der Waals surface area contributed by atoms with Crippen LogP contribution in [0.15, 0.2) is 69.9 Å².